The third kappa shape index (κ3) is 4.36. The highest BCUT2D eigenvalue weighted by Crippen LogP contribution is 2.09. The number of hydrogen-bond acceptors (Lipinski definition) is 3. The lowest BCUT2D eigenvalue weighted by Gasteiger charge is -2.06. The molecule has 0 saturated heterocycles. The van der Waals surface area contributed by atoms with E-state index in [9.17, 15) is 9.59 Å². The van der Waals surface area contributed by atoms with Crippen molar-refractivity contribution < 1.29 is 9.59 Å². The number of carbonyl (C=O) groups excluding carboxylic acids is 2. The summed E-state index contributed by atoms with van der Waals surface area (Å²) in [6, 6.07) is 6.88. The Labute approximate surface area is 99.4 Å². The molecule has 1 aromatic carbocycles. The van der Waals surface area contributed by atoms with E-state index in [1.165, 1.54) is 0 Å². The topological polar surface area (TPSA) is 84.2 Å². The first-order valence-corrected chi connectivity index (χ1v) is 4.99. The molecule has 5 nitrogen and oxygen atoms in total. The molecule has 2 amide bonds. The molecule has 0 fully saturated rings. The van der Waals surface area contributed by atoms with Crippen molar-refractivity contribution in [2.45, 2.75) is 0 Å². The number of hydrogen-bond donors (Lipinski definition) is 3. The third-order valence-corrected chi connectivity index (χ3v) is 1.94. The van der Waals surface area contributed by atoms with Gasteiger partial charge in [0.15, 0.2) is 0 Å². The molecule has 4 N–H and O–H groups in total. The molecular formula is C12H13N3O2. The van der Waals surface area contributed by atoms with Crippen molar-refractivity contribution in [1.82, 2.24) is 5.32 Å². The summed E-state index contributed by atoms with van der Waals surface area (Å²) in [7, 11) is 0. The van der Waals surface area contributed by atoms with Gasteiger partial charge in [-0.25, -0.2) is 0 Å². The first-order chi connectivity index (χ1) is 8.15. The first-order valence-electron chi connectivity index (χ1n) is 4.99. The van der Waals surface area contributed by atoms with Gasteiger partial charge >= 0.3 is 0 Å². The van der Waals surface area contributed by atoms with Crippen LogP contribution in [-0.4, -0.2) is 24.9 Å². The molecule has 0 radical (unpaired) electrons. The van der Waals surface area contributed by atoms with Crippen molar-refractivity contribution in [3.8, 4) is 12.3 Å². The van der Waals surface area contributed by atoms with Crippen LogP contribution in [0.1, 0.15) is 5.56 Å². The zero-order valence-corrected chi connectivity index (χ0v) is 9.19. The maximum atomic E-state index is 11.4. The minimum atomic E-state index is -0.377. The number of carbonyl (C=O) groups is 2. The summed E-state index contributed by atoms with van der Waals surface area (Å²) in [5.41, 5.74) is 6.35. The van der Waals surface area contributed by atoms with Crippen LogP contribution >= 0.6 is 0 Å². The maximum absolute atomic E-state index is 11.4. The van der Waals surface area contributed by atoms with E-state index in [4.69, 9.17) is 12.2 Å². The van der Waals surface area contributed by atoms with Gasteiger partial charge in [-0.05, 0) is 18.2 Å². The average molecular weight is 231 g/mol. The van der Waals surface area contributed by atoms with E-state index >= 15 is 0 Å². The van der Waals surface area contributed by atoms with E-state index in [1.807, 2.05) is 0 Å². The van der Waals surface area contributed by atoms with Crippen molar-refractivity contribution in [2.24, 2.45) is 5.73 Å². The largest absolute Gasteiger partial charge is 0.346 e. The molecule has 0 atom stereocenters. The van der Waals surface area contributed by atoms with Crippen molar-refractivity contribution >= 4 is 17.5 Å². The molecule has 0 aliphatic heterocycles. The Kier molecular flexibility index (Phi) is 4.73. The van der Waals surface area contributed by atoms with Gasteiger partial charge in [0.25, 0.3) is 0 Å². The van der Waals surface area contributed by atoms with Crippen LogP contribution in [0.4, 0.5) is 5.69 Å². The van der Waals surface area contributed by atoms with Gasteiger partial charge < -0.3 is 16.4 Å². The number of nitrogens with two attached hydrogens (primary N) is 1. The lowest BCUT2D eigenvalue weighted by molar-refractivity contribution is -0.123. The smallest absolute Gasteiger partial charge is 0.243 e. The molecule has 5 heteroatoms. The molecule has 17 heavy (non-hydrogen) atoms. The number of rotatable bonds is 4. The molecule has 0 heterocycles. The molecule has 0 aliphatic carbocycles. The van der Waals surface area contributed by atoms with Gasteiger partial charge in [-0.1, -0.05) is 12.0 Å². The fraction of sp³-hybridized carbons (Fsp3) is 0.167. The predicted octanol–water partition coefficient (Wildman–Crippen LogP) is -0.319. The van der Waals surface area contributed by atoms with E-state index < -0.39 is 0 Å². The molecule has 0 aliphatic rings. The molecule has 0 bridgehead atoms. The second-order valence-electron chi connectivity index (χ2n) is 3.25. The van der Waals surface area contributed by atoms with Crippen molar-refractivity contribution in [3.05, 3.63) is 29.8 Å². The number of amides is 2. The lowest BCUT2D eigenvalue weighted by Crippen LogP contribution is -2.36. The van der Waals surface area contributed by atoms with Crippen LogP contribution in [0, 0.1) is 12.3 Å². The Bertz CT molecular complexity index is 463. The summed E-state index contributed by atoms with van der Waals surface area (Å²) in [6.07, 6.45) is 5.23. The Morgan fingerprint density at radius 2 is 2.12 bits per heavy atom. The number of benzene rings is 1. The molecule has 0 unspecified atom stereocenters. The normalized spacial score (nSPS) is 9.18. The minimum Gasteiger partial charge on any atom is -0.346 e. The molecule has 88 valence electrons. The summed E-state index contributed by atoms with van der Waals surface area (Å²) < 4.78 is 0. The highest BCUT2D eigenvalue weighted by atomic mass is 16.2. The Morgan fingerprint density at radius 3 is 2.76 bits per heavy atom. The van der Waals surface area contributed by atoms with Gasteiger partial charge in [0.05, 0.1) is 13.1 Å². The van der Waals surface area contributed by atoms with Gasteiger partial charge in [-0.3, -0.25) is 9.59 Å². The molecule has 0 spiro atoms. The summed E-state index contributed by atoms with van der Waals surface area (Å²) in [5.74, 6) is 1.75. The Morgan fingerprint density at radius 1 is 1.35 bits per heavy atom. The first kappa shape index (κ1) is 12.7. The fourth-order valence-electron chi connectivity index (χ4n) is 1.14. The van der Waals surface area contributed by atoms with E-state index in [1.54, 1.807) is 24.3 Å². The second kappa shape index (κ2) is 6.30. The summed E-state index contributed by atoms with van der Waals surface area (Å²) in [6.45, 7) is -0.254. The zero-order chi connectivity index (χ0) is 12.7. The standard InChI is InChI=1S/C12H13N3O2/c1-2-9-4-3-5-10(6-9)15-12(17)8-14-11(16)7-13/h1,3-6H,7-8,13H2,(H,14,16)(H,15,17). The van der Waals surface area contributed by atoms with Crippen LogP contribution in [-0.2, 0) is 9.59 Å². The summed E-state index contributed by atoms with van der Waals surface area (Å²) in [4.78, 5) is 22.2. The maximum Gasteiger partial charge on any atom is 0.243 e. The molecule has 1 rings (SSSR count). The van der Waals surface area contributed by atoms with Crippen LogP contribution in [0.2, 0.25) is 0 Å². The average Bonchev–Trinajstić information content (AvgIpc) is 2.36. The van der Waals surface area contributed by atoms with Gasteiger partial charge in [0.2, 0.25) is 11.8 Å². The molecule has 0 saturated carbocycles. The SMILES string of the molecule is C#Cc1cccc(NC(=O)CNC(=O)CN)c1. The summed E-state index contributed by atoms with van der Waals surface area (Å²) >= 11 is 0. The van der Waals surface area contributed by atoms with E-state index in [-0.39, 0.29) is 24.9 Å². The van der Waals surface area contributed by atoms with Gasteiger partial charge in [0, 0.05) is 11.3 Å². The van der Waals surface area contributed by atoms with Crippen LogP contribution in [0.25, 0.3) is 0 Å². The van der Waals surface area contributed by atoms with Crippen molar-refractivity contribution in [1.29, 1.82) is 0 Å². The van der Waals surface area contributed by atoms with Crippen molar-refractivity contribution in [3.63, 3.8) is 0 Å². The van der Waals surface area contributed by atoms with Crippen LogP contribution in [0.5, 0.6) is 0 Å². The third-order valence-electron chi connectivity index (χ3n) is 1.94. The number of anilines is 1. The summed E-state index contributed by atoms with van der Waals surface area (Å²) in [5, 5.41) is 4.97. The number of terminal acetylenes is 1. The quantitative estimate of drug-likeness (QED) is 0.621. The van der Waals surface area contributed by atoms with Gasteiger partial charge in [-0.2, -0.15) is 0 Å². The second-order valence-corrected chi connectivity index (χ2v) is 3.25. The van der Waals surface area contributed by atoms with Crippen LogP contribution < -0.4 is 16.4 Å². The minimum absolute atomic E-state index is 0.115. The van der Waals surface area contributed by atoms with Crippen molar-refractivity contribution in [2.75, 3.05) is 18.4 Å². The van der Waals surface area contributed by atoms with Crippen LogP contribution in [0.15, 0.2) is 24.3 Å². The lowest BCUT2D eigenvalue weighted by atomic mass is 10.2. The monoisotopic (exact) mass is 231 g/mol. The van der Waals surface area contributed by atoms with Crippen LogP contribution in [0.3, 0.4) is 0 Å². The van der Waals surface area contributed by atoms with Gasteiger partial charge in [-0.15, -0.1) is 6.42 Å². The van der Waals surface area contributed by atoms with E-state index in [0.717, 1.165) is 0 Å². The van der Waals surface area contributed by atoms with E-state index in [2.05, 4.69) is 16.6 Å². The van der Waals surface area contributed by atoms with Gasteiger partial charge in [0.1, 0.15) is 0 Å². The number of nitrogens with one attached hydrogen (secondary N) is 2. The Balaban J connectivity index is 2.51. The highest BCUT2D eigenvalue weighted by Gasteiger charge is 2.04. The molecule has 0 aromatic heterocycles. The molecule has 1 aromatic rings. The fourth-order valence-corrected chi connectivity index (χ4v) is 1.14. The predicted molar refractivity (Wildman–Crippen MR) is 65.1 cm³/mol. The van der Waals surface area contributed by atoms with E-state index in [0.29, 0.717) is 11.3 Å². The molecular weight excluding hydrogens is 218 g/mol. The highest BCUT2D eigenvalue weighted by molar-refractivity contribution is 5.94. The Hall–Kier alpha value is -2.32. The zero-order valence-electron chi connectivity index (χ0n) is 9.19.